The normalized spacial score (nSPS) is 14.3. The molecule has 0 bridgehead atoms. The number of nitrogens with one attached hydrogen (secondary N) is 1. The van der Waals surface area contributed by atoms with Crippen LogP contribution in [0, 0.1) is 5.41 Å². The first kappa shape index (κ1) is 16.8. The van der Waals surface area contributed by atoms with Crippen LogP contribution in [-0.2, 0) is 0 Å². The van der Waals surface area contributed by atoms with Crippen molar-refractivity contribution in [2.24, 2.45) is 16.3 Å². The zero-order valence-corrected chi connectivity index (χ0v) is 13.1. The second-order valence-corrected chi connectivity index (χ2v) is 6.08. The molecule has 0 unspecified atom stereocenters. The molecular weight excluding hydrogens is 274 g/mol. The van der Waals surface area contributed by atoms with Gasteiger partial charge in [-0.05, 0) is 37.9 Å². The van der Waals surface area contributed by atoms with E-state index < -0.39 is 0 Å². The van der Waals surface area contributed by atoms with E-state index in [0.717, 1.165) is 30.0 Å². The number of nitrogens with zero attached hydrogens (tertiary/aromatic N) is 1. The molecule has 20 heavy (non-hydrogen) atoms. The third-order valence-corrected chi connectivity index (χ3v) is 3.95. The molecule has 0 spiro atoms. The standard InChI is InChI=1S/C15H24ClN3O/c1-11(12-7-4-5-8-13(12)16)18-10-6-9-15(2,3)14(17)19-20/h4-5,7-8,11,18,20H,6,9-10H2,1-3H3,(H2,17,19)/t11-/m0/s1. The number of amidine groups is 1. The lowest BCUT2D eigenvalue weighted by Gasteiger charge is -2.23. The molecule has 1 aromatic carbocycles. The second kappa shape index (κ2) is 7.50. The third kappa shape index (κ3) is 4.69. The van der Waals surface area contributed by atoms with Crippen molar-refractivity contribution in [2.75, 3.05) is 6.54 Å². The van der Waals surface area contributed by atoms with Gasteiger partial charge in [0.15, 0.2) is 0 Å². The maximum atomic E-state index is 8.73. The minimum absolute atomic E-state index is 0.204. The molecular formula is C15H24ClN3O. The Labute approximate surface area is 126 Å². The predicted molar refractivity (Wildman–Crippen MR) is 84.3 cm³/mol. The molecule has 0 saturated carbocycles. The summed E-state index contributed by atoms with van der Waals surface area (Å²) in [4.78, 5) is 0. The Bertz CT molecular complexity index is 460. The van der Waals surface area contributed by atoms with Crippen LogP contribution >= 0.6 is 11.6 Å². The van der Waals surface area contributed by atoms with Crippen LogP contribution in [0.5, 0.6) is 0 Å². The summed E-state index contributed by atoms with van der Waals surface area (Å²) < 4.78 is 0. The Kier molecular flexibility index (Phi) is 6.30. The molecule has 0 aliphatic carbocycles. The van der Waals surface area contributed by atoms with Gasteiger partial charge in [0, 0.05) is 16.5 Å². The molecule has 0 aromatic heterocycles. The highest BCUT2D eigenvalue weighted by atomic mass is 35.5. The fourth-order valence-electron chi connectivity index (χ4n) is 2.05. The number of hydrogen-bond donors (Lipinski definition) is 3. The molecule has 1 atom stereocenters. The zero-order chi connectivity index (χ0) is 15.2. The van der Waals surface area contributed by atoms with Crippen molar-refractivity contribution in [3.63, 3.8) is 0 Å². The van der Waals surface area contributed by atoms with E-state index in [4.69, 9.17) is 22.5 Å². The molecule has 5 heteroatoms. The second-order valence-electron chi connectivity index (χ2n) is 5.67. The minimum atomic E-state index is -0.288. The van der Waals surface area contributed by atoms with Crippen LogP contribution in [-0.4, -0.2) is 17.6 Å². The molecule has 0 fully saturated rings. The van der Waals surface area contributed by atoms with Crippen molar-refractivity contribution in [2.45, 2.75) is 39.7 Å². The van der Waals surface area contributed by atoms with Gasteiger partial charge in [0.25, 0.3) is 0 Å². The van der Waals surface area contributed by atoms with Crippen LogP contribution in [0.2, 0.25) is 5.02 Å². The van der Waals surface area contributed by atoms with Crippen LogP contribution in [0.4, 0.5) is 0 Å². The maximum absolute atomic E-state index is 8.73. The SMILES string of the molecule is C[C@H](NCCCC(C)(C)/C(N)=N/O)c1ccccc1Cl. The summed E-state index contributed by atoms with van der Waals surface area (Å²) in [5.74, 6) is 0.275. The summed E-state index contributed by atoms with van der Waals surface area (Å²) >= 11 is 6.16. The molecule has 4 nitrogen and oxygen atoms in total. The number of hydrogen-bond acceptors (Lipinski definition) is 3. The van der Waals surface area contributed by atoms with Crippen molar-refractivity contribution < 1.29 is 5.21 Å². The Balaban J connectivity index is 2.40. The highest BCUT2D eigenvalue weighted by Gasteiger charge is 2.22. The van der Waals surface area contributed by atoms with Crippen LogP contribution in [0.25, 0.3) is 0 Å². The molecule has 1 rings (SSSR count). The van der Waals surface area contributed by atoms with Crippen LogP contribution < -0.4 is 11.1 Å². The van der Waals surface area contributed by atoms with E-state index in [1.165, 1.54) is 0 Å². The van der Waals surface area contributed by atoms with E-state index in [-0.39, 0.29) is 17.3 Å². The van der Waals surface area contributed by atoms with Gasteiger partial charge in [-0.15, -0.1) is 0 Å². The highest BCUT2D eigenvalue weighted by Crippen LogP contribution is 2.24. The fourth-order valence-corrected chi connectivity index (χ4v) is 2.35. The fraction of sp³-hybridized carbons (Fsp3) is 0.533. The molecule has 0 aliphatic rings. The van der Waals surface area contributed by atoms with Gasteiger partial charge < -0.3 is 16.3 Å². The molecule has 0 heterocycles. The molecule has 0 amide bonds. The van der Waals surface area contributed by atoms with E-state index in [1.54, 1.807) is 0 Å². The summed E-state index contributed by atoms with van der Waals surface area (Å²) in [6.45, 7) is 6.89. The molecule has 0 saturated heterocycles. The van der Waals surface area contributed by atoms with Gasteiger partial charge in [-0.2, -0.15) is 0 Å². The first-order valence-corrected chi connectivity index (χ1v) is 7.22. The highest BCUT2D eigenvalue weighted by molar-refractivity contribution is 6.31. The summed E-state index contributed by atoms with van der Waals surface area (Å²) in [6.07, 6.45) is 1.79. The minimum Gasteiger partial charge on any atom is -0.409 e. The van der Waals surface area contributed by atoms with Gasteiger partial charge in [-0.1, -0.05) is 48.8 Å². The topological polar surface area (TPSA) is 70.6 Å². The summed E-state index contributed by atoms with van der Waals surface area (Å²) in [6, 6.07) is 8.05. The van der Waals surface area contributed by atoms with Crippen LogP contribution in [0.15, 0.2) is 29.4 Å². The molecule has 112 valence electrons. The first-order chi connectivity index (χ1) is 9.38. The van der Waals surface area contributed by atoms with E-state index in [1.807, 2.05) is 38.1 Å². The van der Waals surface area contributed by atoms with Crippen molar-refractivity contribution in [1.29, 1.82) is 0 Å². The Morgan fingerprint density at radius 1 is 1.45 bits per heavy atom. The van der Waals surface area contributed by atoms with Crippen molar-refractivity contribution in [3.8, 4) is 0 Å². The van der Waals surface area contributed by atoms with Gasteiger partial charge in [0.2, 0.25) is 0 Å². The van der Waals surface area contributed by atoms with Gasteiger partial charge in [-0.25, -0.2) is 0 Å². The van der Waals surface area contributed by atoms with E-state index >= 15 is 0 Å². The van der Waals surface area contributed by atoms with Crippen LogP contribution in [0.1, 0.15) is 45.2 Å². The lowest BCUT2D eigenvalue weighted by molar-refractivity contribution is 0.304. The monoisotopic (exact) mass is 297 g/mol. The van der Waals surface area contributed by atoms with Crippen molar-refractivity contribution in [1.82, 2.24) is 5.32 Å². The summed E-state index contributed by atoms with van der Waals surface area (Å²) in [5.41, 5.74) is 6.48. The molecule has 4 N–H and O–H groups in total. The molecule has 0 radical (unpaired) electrons. The van der Waals surface area contributed by atoms with Gasteiger partial charge >= 0.3 is 0 Å². The molecule has 0 aliphatic heterocycles. The quantitative estimate of drug-likeness (QED) is 0.237. The maximum Gasteiger partial charge on any atom is 0.144 e. The lowest BCUT2D eigenvalue weighted by atomic mass is 9.86. The number of rotatable bonds is 7. The van der Waals surface area contributed by atoms with E-state index in [9.17, 15) is 0 Å². The zero-order valence-electron chi connectivity index (χ0n) is 12.4. The third-order valence-electron chi connectivity index (χ3n) is 3.60. The number of nitrogens with two attached hydrogens (primary N) is 1. The first-order valence-electron chi connectivity index (χ1n) is 6.84. The predicted octanol–water partition coefficient (Wildman–Crippen LogP) is 3.54. The van der Waals surface area contributed by atoms with Gasteiger partial charge in [0.05, 0.1) is 0 Å². The van der Waals surface area contributed by atoms with Gasteiger partial charge in [0.1, 0.15) is 5.84 Å². The smallest absolute Gasteiger partial charge is 0.144 e. The average molecular weight is 298 g/mol. The summed E-state index contributed by atoms with van der Waals surface area (Å²) in [5, 5.41) is 16.0. The van der Waals surface area contributed by atoms with Crippen molar-refractivity contribution in [3.05, 3.63) is 34.9 Å². The largest absolute Gasteiger partial charge is 0.409 e. The van der Waals surface area contributed by atoms with E-state index in [2.05, 4.69) is 17.4 Å². The molecule has 1 aromatic rings. The van der Waals surface area contributed by atoms with Crippen LogP contribution in [0.3, 0.4) is 0 Å². The number of oxime groups is 1. The number of halogens is 1. The van der Waals surface area contributed by atoms with E-state index in [0.29, 0.717) is 0 Å². The van der Waals surface area contributed by atoms with Crippen molar-refractivity contribution >= 4 is 17.4 Å². The summed E-state index contributed by atoms with van der Waals surface area (Å²) in [7, 11) is 0. The Morgan fingerprint density at radius 2 is 2.10 bits per heavy atom. The van der Waals surface area contributed by atoms with Gasteiger partial charge in [-0.3, -0.25) is 0 Å². The Hall–Kier alpha value is -1.26. The number of benzene rings is 1. The Morgan fingerprint density at radius 3 is 2.70 bits per heavy atom. The lowest BCUT2D eigenvalue weighted by Crippen LogP contribution is -2.33. The average Bonchev–Trinajstić information content (AvgIpc) is 2.42.